The van der Waals surface area contributed by atoms with Crippen molar-refractivity contribution >= 4 is 46.1 Å². The van der Waals surface area contributed by atoms with Gasteiger partial charge in [-0.05, 0) is 0 Å². The molecule has 9 heavy (non-hydrogen) atoms. The summed E-state index contributed by atoms with van der Waals surface area (Å²) in [6.45, 7) is 0. The van der Waals surface area contributed by atoms with E-state index in [1.165, 1.54) is 0 Å². The molecule has 0 fully saturated rings. The Kier molecular flexibility index (Phi) is 1650. The van der Waals surface area contributed by atoms with Crippen LogP contribution in [0.5, 0.6) is 0 Å². The third-order valence-corrected chi connectivity index (χ3v) is 0. The standard InChI is InChI=1S/2Mg.4H2O.Pt.Ru.Ti/h;;4*1H2;;;/q2*+2;;;;;;;/p-4. The molecular weight excluding hydrogens is 457 g/mol. The molecule has 0 radical (unpaired) electrons. The molecule has 0 heterocycles. The summed E-state index contributed by atoms with van der Waals surface area (Å²) in [5, 5.41) is 0. The van der Waals surface area contributed by atoms with Crippen LogP contribution in [-0.4, -0.2) is 68.0 Å². The van der Waals surface area contributed by atoms with Crippen LogP contribution in [-0.2, 0) is 62.3 Å². The Balaban J connectivity index is 0. The van der Waals surface area contributed by atoms with Crippen molar-refractivity contribution in [1.29, 1.82) is 0 Å². The van der Waals surface area contributed by atoms with E-state index in [1.807, 2.05) is 0 Å². The Labute approximate surface area is 128 Å². The molecule has 0 saturated heterocycles. The van der Waals surface area contributed by atoms with Gasteiger partial charge in [-0.25, -0.2) is 0 Å². The van der Waals surface area contributed by atoms with Crippen LogP contribution in [0.4, 0.5) is 0 Å². The third-order valence-electron chi connectivity index (χ3n) is 0. The van der Waals surface area contributed by atoms with Gasteiger partial charge in [0.05, 0.1) is 0 Å². The minimum Gasteiger partial charge on any atom is -0.870 e. The SMILES string of the molecule is [Mg+2].[Mg+2].[OH-].[OH-].[OH-].[OH-].[Pt].[Ru].[Ti]. The third kappa shape index (κ3) is 87.2. The molecule has 0 rings (SSSR count). The number of hydrogen-bond donors (Lipinski definition) is 0. The maximum absolute atomic E-state index is 0. The summed E-state index contributed by atoms with van der Waals surface area (Å²) < 4.78 is 0. The smallest absolute Gasteiger partial charge is 0.870 e. The molecule has 9 heteroatoms. The van der Waals surface area contributed by atoms with E-state index >= 15 is 0 Å². The average molecular weight is 461 g/mol. The molecule has 0 aliphatic heterocycles. The minimum atomic E-state index is 0. The molecule has 0 spiro atoms. The van der Waals surface area contributed by atoms with Crippen molar-refractivity contribution < 1.29 is 84.2 Å². The first-order chi connectivity index (χ1) is 0. The molecule has 0 aliphatic carbocycles. The number of hydrogen-bond acceptors (Lipinski definition) is 4. The summed E-state index contributed by atoms with van der Waals surface area (Å²) in [6.07, 6.45) is 0. The maximum atomic E-state index is 0. The van der Waals surface area contributed by atoms with E-state index in [9.17, 15) is 0 Å². The van der Waals surface area contributed by atoms with Crippen LogP contribution in [0.2, 0.25) is 0 Å². The van der Waals surface area contributed by atoms with Crippen LogP contribution in [0.15, 0.2) is 0 Å². The molecule has 0 amide bonds. The fourth-order valence-electron chi connectivity index (χ4n) is 0. The van der Waals surface area contributed by atoms with E-state index < -0.39 is 0 Å². The van der Waals surface area contributed by atoms with Crippen LogP contribution in [0.3, 0.4) is 0 Å². The molecule has 54 valence electrons. The van der Waals surface area contributed by atoms with Crippen LogP contribution < -0.4 is 0 Å². The van der Waals surface area contributed by atoms with Gasteiger partial charge in [-0.15, -0.1) is 0 Å². The van der Waals surface area contributed by atoms with Crippen LogP contribution >= 0.6 is 0 Å². The van der Waals surface area contributed by atoms with Gasteiger partial charge in [0.25, 0.3) is 0 Å². The fourth-order valence-corrected chi connectivity index (χ4v) is 0. The zero-order valence-electron chi connectivity index (χ0n) is 4.37. The zero-order valence-corrected chi connectivity index (χ0v) is 12.8. The van der Waals surface area contributed by atoms with Gasteiger partial charge >= 0.3 is 46.1 Å². The van der Waals surface area contributed by atoms with Gasteiger partial charge in [0.2, 0.25) is 0 Å². The molecule has 0 aromatic carbocycles. The Bertz CT molecular complexity index is 18.5. The second kappa shape index (κ2) is 107. The first-order valence-corrected chi connectivity index (χ1v) is 0. The molecule has 0 aliphatic rings. The van der Waals surface area contributed by atoms with Gasteiger partial charge in [-0.2, -0.15) is 0 Å². The minimum absolute atomic E-state index is 0. The van der Waals surface area contributed by atoms with Gasteiger partial charge in [0, 0.05) is 62.3 Å². The van der Waals surface area contributed by atoms with E-state index in [-0.39, 0.29) is 130 Å². The predicted octanol–water partition coefficient (Wildman–Crippen LogP) is -1.48. The van der Waals surface area contributed by atoms with Crippen LogP contribution in [0, 0.1) is 0 Å². The summed E-state index contributed by atoms with van der Waals surface area (Å²) in [5.41, 5.74) is 0. The van der Waals surface area contributed by atoms with Crippen molar-refractivity contribution in [3.8, 4) is 0 Å². The molecule has 0 saturated carbocycles. The summed E-state index contributed by atoms with van der Waals surface area (Å²) >= 11 is 0. The fraction of sp³-hybridized carbons (Fsp3) is 0. The predicted molar refractivity (Wildman–Crippen MR) is 19.3 cm³/mol. The van der Waals surface area contributed by atoms with Crippen molar-refractivity contribution in [2.24, 2.45) is 0 Å². The van der Waals surface area contributed by atoms with Crippen molar-refractivity contribution in [3.63, 3.8) is 0 Å². The normalized spacial score (nSPS) is 0. The Hall–Kier alpha value is 3.40. The first kappa shape index (κ1) is 139. The van der Waals surface area contributed by atoms with Gasteiger partial charge in [-0.3, -0.25) is 0 Å². The van der Waals surface area contributed by atoms with Gasteiger partial charge in [0.1, 0.15) is 0 Å². The summed E-state index contributed by atoms with van der Waals surface area (Å²) in [4.78, 5) is 0. The average Bonchev–Trinajstić information content (AvgIpc) is 0. The summed E-state index contributed by atoms with van der Waals surface area (Å²) in [7, 11) is 0. The quantitative estimate of drug-likeness (QED) is 0.410. The largest absolute Gasteiger partial charge is 2.00 e. The van der Waals surface area contributed by atoms with Crippen molar-refractivity contribution in [2.45, 2.75) is 0 Å². The van der Waals surface area contributed by atoms with Crippen molar-refractivity contribution in [3.05, 3.63) is 0 Å². The van der Waals surface area contributed by atoms with Gasteiger partial charge in [0.15, 0.2) is 0 Å². The van der Waals surface area contributed by atoms with Crippen molar-refractivity contribution in [1.82, 2.24) is 0 Å². The monoisotopic (exact) mass is 461 g/mol. The van der Waals surface area contributed by atoms with Crippen molar-refractivity contribution in [2.75, 3.05) is 0 Å². The summed E-state index contributed by atoms with van der Waals surface area (Å²) in [5.74, 6) is 0. The van der Waals surface area contributed by atoms with E-state index in [0.29, 0.717) is 0 Å². The molecule has 0 bridgehead atoms. The van der Waals surface area contributed by atoms with E-state index in [0.717, 1.165) is 0 Å². The Morgan fingerprint density at radius 2 is 0.556 bits per heavy atom. The topological polar surface area (TPSA) is 120 Å². The Morgan fingerprint density at radius 1 is 0.556 bits per heavy atom. The Morgan fingerprint density at radius 3 is 0.556 bits per heavy atom. The molecule has 4 nitrogen and oxygen atoms in total. The molecule has 0 aromatic heterocycles. The van der Waals surface area contributed by atoms with E-state index in [2.05, 4.69) is 0 Å². The molecule has 0 unspecified atom stereocenters. The molecule has 4 N–H and O–H groups in total. The molecule has 0 aromatic rings. The van der Waals surface area contributed by atoms with Crippen LogP contribution in [0.1, 0.15) is 0 Å². The van der Waals surface area contributed by atoms with Gasteiger partial charge < -0.3 is 21.9 Å². The van der Waals surface area contributed by atoms with E-state index in [4.69, 9.17) is 0 Å². The maximum Gasteiger partial charge on any atom is 2.00 e. The second-order valence-corrected chi connectivity index (χ2v) is 0. The van der Waals surface area contributed by atoms with E-state index in [1.54, 1.807) is 0 Å². The molecular formula is H4Mg2O4PtRuTi. The van der Waals surface area contributed by atoms with Crippen LogP contribution in [0.25, 0.3) is 0 Å². The second-order valence-electron chi connectivity index (χ2n) is 0. The molecule has 0 atom stereocenters. The summed E-state index contributed by atoms with van der Waals surface area (Å²) in [6, 6.07) is 0. The number of rotatable bonds is 0. The first-order valence-electron chi connectivity index (χ1n) is 0. The van der Waals surface area contributed by atoms with Gasteiger partial charge in [-0.1, -0.05) is 0 Å². The zero-order chi connectivity index (χ0) is 0.